The Morgan fingerprint density at radius 1 is 1.10 bits per heavy atom. The van der Waals surface area contributed by atoms with Gasteiger partial charge in [0.25, 0.3) is 0 Å². The standard InChI is InChI=1S/C18H18N2O/c1-13(14-7-3-2-4-8-14)20-18(21)11-15-12-19-17-10-6-5-9-16(15)17/h2-10,12-13,19H,11H2,1H3,(H,20,21). The van der Waals surface area contributed by atoms with Crippen molar-refractivity contribution in [2.24, 2.45) is 0 Å². The molecule has 2 N–H and O–H groups in total. The number of H-pyrrole nitrogens is 1. The number of amides is 1. The van der Waals surface area contributed by atoms with Crippen molar-refractivity contribution < 1.29 is 4.79 Å². The molecular weight excluding hydrogens is 260 g/mol. The van der Waals surface area contributed by atoms with Crippen LogP contribution in [0.15, 0.2) is 60.8 Å². The molecule has 1 unspecified atom stereocenters. The number of benzene rings is 2. The van der Waals surface area contributed by atoms with Gasteiger partial charge in [0.2, 0.25) is 5.91 Å². The van der Waals surface area contributed by atoms with Crippen molar-refractivity contribution in [2.75, 3.05) is 0 Å². The maximum atomic E-state index is 12.2. The Hall–Kier alpha value is -2.55. The summed E-state index contributed by atoms with van der Waals surface area (Å²) in [7, 11) is 0. The topological polar surface area (TPSA) is 44.9 Å². The van der Waals surface area contributed by atoms with Gasteiger partial charge in [-0.05, 0) is 24.1 Å². The Kier molecular flexibility index (Phi) is 3.73. The molecule has 0 saturated carbocycles. The first-order valence-electron chi connectivity index (χ1n) is 7.13. The molecule has 1 amide bonds. The Bertz CT molecular complexity index is 746. The molecule has 0 fully saturated rings. The fourth-order valence-corrected chi connectivity index (χ4v) is 2.57. The minimum Gasteiger partial charge on any atom is -0.361 e. The maximum absolute atomic E-state index is 12.2. The van der Waals surface area contributed by atoms with E-state index in [1.54, 1.807) is 0 Å². The van der Waals surface area contributed by atoms with E-state index < -0.39 is 0 Å². The van der Waals surface area contributed by atoms with Gasteiger partial charge >= 0.3 is 0 Å². The van der Waals surface area contributed by atoms with Crippen LogP contribution in [0, 0.1) is 0 Å². The zero-order valence-electron chi connectivity index (χ0n) is 12.0. The highest BCUT2D eigenvalue weighted by molar-refractivity contribution is 5.88. The third kappa shape index (κ3) is 2.97. The molecule has 0 saturated heterocycles. The van der Waals surface area contributed by atoms with E-state index in [1.165, 1.54) is 0 Å². The zero-order valence-corrected chi connectivity index (χ0v) is 12.0. The average Bonchev–Trinajstić information content (AvgIpc) is 2.91. The normalized spacial score (nSPS) is 12.2. The van der Waals surface area contributed by atoms with Crippen LogP contribution in [-0.4, -0.2) is 10.9 Å². The van der Waals surface area contributed by atoms with Crippen molar-refractivity contribution in [1.82, 2.24) is 10.3 Å². The van der Waals surface area contributed by atoms with Gasteiger partial charge in [-0.1, -0.05) is 48.5 Å². The van der Waals surface area contributed by atoms with Crippen molar-refractivity contribution in [1.29, 1.82) is 0 Å². The van der Waals surface area contributed by atoms with E-state index in [2.05, 4.69) is 10.3 Å². The molecule has 0 aliphatic heterocycles. The van der Waals surface area contributed by atoms with E-state index in [4.69, 9.17) is 0 Å². The summed E-state index contributed by atoms with van der Waals surface area (Å²) < 4.78 is 0. The molecule has 3 aromatic rings. The van der Waals surface area contributed by atoms with Crippen molar-refractivity contribution in [3.63, 3.8) is 0 Å². The van der Waals surface area contributed by atoms with Gasteiger partial charge in [0.05, 0.1) is 12.5 Å². The van der Waals surface area contributed by atoms with Crippen LogP contribution in [-0.2, 0) is 11.2 Å². The first-order valence-corrected chi connectivity index (χ1v) is 7.13. The van der Waals surface area contributed by atoms with Crippen LogP contribution >= 0.6 is 0 Å². The van der Waals surface area contributed by atoms with Crippen molar-refractivity contribution in [3.05, 3.63) is 71.9 Å². The minimum absolute atomic E-state index is 0.0175. The summed E-state index contributed by atoms with van der Waals surface area (Å²) in [6.45, 7) is 2.00. The van der Waals surface area contributed by atoms with E-state index in [0.717, 1.165) is 22.0 Å². The van der Waals surface area contributed by atoms with Crippen molar-refractivity contribution in [3.8, 4) is 0 Å². The lowest BCUT2D eigenvalue weighted by molar-refractivity contribution is -0.121. The summed E-state index contributed by atoms with van der Waals surface area (Å²) >= 11 is 0. The first kappa shape index (κ1) is 13.4. The molecule has 0 spiro atoms. The third-order valence-corrected chi connectivity index (χ3v) is 3.70. The molecule has 0 radical (unpaired) electrons. The third-order valence-electron chi connectivity index (χ3n) is 3.70. The number of para-hydroxylation sites is 1. The maximum Gasteiger partial charge on any atom is 0.224 e. The van der Waals surface area contributed by atoms with Gasteiger partial charge in [0.1, 0.15) is 0 Å². The van der Waals surface area contributed by atoms with E-state index >= 15 is 0 Å². The van der Waals surface area contributed by atoms with Crippen LogP contribution in [0.4, 0.5) is 0 Å². The SMILES string of the molecule is CC(NC(=O)Cc1c[nH]c2ccccc12)c1ccccc1. The van der Waals surface area contributed by atoms with E-state index in [-0.39, 0.29) is 11.9 Å². The Balaban J connectivity index is 1.69. The predicted molar refractivity (Wildman–Crippen MR) is 85.0 cm³/mol. The van der Waals surface area contributed by atoms with Crippen molar-refractivity contribution >= 4 is 16.8 Å². The monoisotopic (exact) mass is 278 g/mol. The summed E-state index contributed by atoms with van der Waals surface area (Å²) in [5, 5.41) is 4.16. The number of rotatable bonds is 4. The number of hydrogen-bond acceptors (Lipinski definition) is 1. The molecule has 1 atom stereocenters. The van der Waals surface area contributed by atoms with E-state index in [1.807, 2.05) is 67.7 Å². The Labute approximate surface area is 124 Å². The number of aromatic amines is 1. The van der Waals surface area contributed by atoms with Gasteiger partial charge in [0.15, 0.2) is 0 Å². The van der Waals surface area contributed by atoms with Gasteiger partial charge in [0, 0.05) is 17.1 Å². The number of nitrogens with one attached hydrogen (secondary N) is 2. The highest BCUT2D eigenvalue weighted by Gasteiger charge is 2.12. The molecule has 1 aromatic heterocycles. The number of hydrogen-bond donors (Lipinski definition) is 2. The molecule has 0 aliphatic carbocycles. The van der Waals surface area contributed by atoms with Gasteiger partial charge in [-0.25, -0.2) is 0 Å². The first-order chi connectivity index (χ1) is 10.2. The molecular formula is C18H18N2O. The van der Waals surface area contributed by atoms with E-state index in [9.17, 15) is 4.79 Å². The molecule has 106 valence electrons. The lowest BCUT2D eigenvalue weighted by Crippen LogP contribution is -2.28. The number of fused-ring (bicyclic) bond motifs is 1. The fraction of sp³-hybridized carbons (Fsp3) is 0.167. The number of aromatic nitrogens is 1. The quantitative estimate of drug-likeness (QED) is 0.752. The smallest absolute Gasteiger partial charge is 0.224 e. The lowest BCUT2D eigenvalue weighted by Gasteiger charge is -2.14. The summed E-state index contributed by atoms with van der Waals surface area (Å²) in [5.41, 5.74) is 3.21. The number of carbonyl (C=O) groups excluding carboxylic acids is 1. The van der Waals surface area contributed by atoms with Crippen LogP contribution in [0.2, 0.25) is 0 Å². The molecule has 1 heterocycles. The largest absolute Gasteiger partial charge is 0.361 e. The van der Waals surface area contributed by atoms with Crippen LogP contribution < -0.4 is 5.32 Å². The lowest BCUT2D eigenvalue weighted by atomic mass is 10.1. The molecule has 0 bridgehead atoms. The van der Waals surface area contributed by atoms with Gasteiger partial charge in [-0.15, -0.1) is 0 Å². The Morgan fingerprint density at radius 3 is 2.62 bits per heavy atom. The molecule has 2 aromatic carbocycles. The highest BCUT2D eigenvalue weighted by Crippen LogP contribution is 2.18. The predicted octanol–water partition coefficient (Wildman–Crippen LogP) is 3.59. The Morgan fingerprint density at radius 2 is 1.81 bits per heavy atom. The molecule has 21 heavy (non-hydrogen) atoms. The van der Waals surface area contributed by atoms with Crippen LogP contribution in [0.25, 0.3) is 10.9 Å². The number of carbonyl (C=O) groups is 1. The molecule has 3 heteroatoms. The van der Waals surface area contributed by atoms with Gasteiger partial charge in [-0.3, -0.25) is 4.79 Å². The van der Waals surface area contributed by atoms with Crippen molar-refractivity contribution in [2.45, 2.75) is 19.4 Å². The second-order valence-electron chi connectivity index (χ2n) is 5.24. The second kappa shape index (κ2) is 5.83. The zero-order chi connectivity index (χ0) is 14.7. The highest BCUT2D eigenvalue weighted by atomic mass is 16.1. The van der Waals surface area contributed by atoms with Crippen LogP contribution in [0.3, 0.4) is 0 Å². The summed E-state index contributed by atoms with van der Waals surface area (Å²) in [6.07, 6.45) is 2.30. The summed E-state index contributed by atoms with van der Waals surface area (Å²) in [4.78, 5) is 15.4. The molecule has 3 rings (SSSR count). The van der Waals surface area contributed by atoms with Crippen LogP contribution in [0.5, 0.6) is 0 Å². The summed E-state index contributed by atoms with van der Waals surface area (Å²) in [5.74, 6) is 0.0381. The van der Waals surface area contributed by atoms with E-state index in [0.29, 0.717) is 6.42 Å². The molecule has 3 nitrogen and oxygen atoms in total. The average molecular weight is 278 g/mol. The minimum atomic E-state index is 0.0175. The van der Waals surface area contributed by atoms with Crippen LogP contribution in [0.1, 0.15) is 24.1 Å². The fourth-order valence-electron chi connectivity index (χ4n) is 2.57. The van der Waals surface area contributed by atoms with Gasteiger partial charge < -0.3 is 10.3 Å². The summed E-state index contributed by atoms with van der Waals surface area (Å²) in [6, 6.07) is 18.0. The second-order valence-corrected chi connectivity index (χ2v) is 5.24. The van der Waals surface area contributed by atoms with Gasteiger partial charge in [-0.2, -0.15) is 0 Å². The molecule has 0 aliphatic rings.